The molecule has 64 valence electrons. The molecule has 0 aromatic carbocycles. The second kappa shape index (κ2) is 3.17. The van der Waals surface area contributed by atoms with Crippen molar-refractivity contribution < 1.29 is 9.90 Å². The van der Waals surface area contributed by atoms with Gasteiger partial charge >= 0.3 is 5.97 Å². The van der Waals surface area contributed by atoms with Crippen molar-refractivity contribution >= 4 is 5.97 Å². The number of aliphatic carboxylic acids is 1. The summed E-state index contributed by atoms with van der Waals surface area (Å²) in [7, 11) is 1.81. The Morgan fingerprint density at radius 2 is 2.45 bits per heavy atom. The van der Waals surface area contributed by atoms with E-state index in [1.807, 2.05) is 7.05 Å². The van der Waals surface area contributed by atoms with E-state index in [-0.39, 0.29) is 6.04 Å². The highest BCUT2D eigenvalue weighted by Crippen LogP contribution is 2.13. The van der Waals surface area contributed by atoms with Gasteiger partial charge in [-0.1, -0.05) is 0 Å². The van der Waals surface area contributed by atoms with E-state index in [4.69, 9.17) is 10.9 Å². The molecule has 0 radical (unpaired) electrons. The molecule has 2 unspecified atom stereocenters. The number of likely N-dealkylation sites (N-methyl/N-ethyl adjacent to an activating group) is 1. The Morgan fingerprint density at radius 1 is 1.82 bits per heavy atom. The van der Waals surface area contributed by atoms with Crippen molar-refractivity contribution in [2.45, 2.75) is 18.5 Å². The molecule has 1 heterocycles. The number of nitrogens with two attached hydrogens (primary N) is 1. The summed E-state index contributed by atoms with van der Waals surface area (Å²) in [5.41, 5.74) is 0. The quantitative estimate of drug-likeness (QED) is 0.432. The van der Waals surface area contributed by atoms with E-state index in [0.29, 0.717) is 13.0 Å². The lowest BCUT2D eigenvalue weighted by Gasteiger charge is -2.12. The molecule has 1 rings (SSSR count). The molecular formula is C6H13N3O2. The van der Waals surface area contributed by atoms with E-state index in [9.17, 15) is 4.79 Å². The number of hydrogen-bond acceptors (Lipinski definition) is 4. The normalized spacial score (nSPS) is 32.5. The zero-order valence-corrected chi connectivity index (χ0v) is 6.45. The molecule has 5 nitrogen and oxygen atoms in total. The number of nitrogens with zero attached hydrogens (tertiary/aromatic N) is 1. The SMILES string of the molecule is CNC1CC(C(=O)O)N(N)C1. The number of carboxylic acids is 1. The van der Waals surface area contributed by atoms with E-state index < -0.39 is 12.0 Å². The van der Waals surface area contributed by atoms with Crippen molar-refractivity contribution in [3.63, 3.8) is 0 Å². The lowest BCUT2D eigenvalue weighted by atomic mass is 10.2. The summed E-state index contributed by atoms with van der Waals surface area (Å²) < 4.78 is 0. The van der Waals surface area contributed by atoms with E-state index in [1.165, 1.54) is 5.01 Å². The van der Waals surface area contributed by atoms with Crippen LogP contribution in [-0.2, 0) is 4.79 Å². The highest BCUT2D eigenvalue weighted by Gasteiger charge is 2.33. The summed E-state index contributed by atoms with van der Waals surface area (Å²) in [6.07, 6.45) is 0.586. The molecule has 4 N–H and O–H groups in total. The highest BCUT2D eigenvalue weighted by atomic mass is 16.4. The van der Waals surface area contributed by atoms with Crippen LogP contribution in [0.25, 0.3) is 0 Å². The fraction of sp³-hybridized carbons (Fsp3) is 0.833. The third-order valence-electron chi connectivity index (χ3n) is 2.03. The molecule has 1 aliphatic rings. The third-order valence-corrected chi connectivity index (χ3v) is 2.03. The Bertz CT molecular complexity index is 162. The summed E-state index contributed by atoms with van der Waals surface area (Å²) in [5.74, 6) is 4.62. The smallest absolute Gasteiger partial charge is 0.322 e. The van der Waals surface area contributed by atoms with Crippen LogP contribution in [0.2, 0.25) is 0 Å². The maximum absolute atomic E-state index is 10.5. The van der Waals surface area contributed by atoms with Gasteiger partial charge in [-0.15, -0.1) is 0 Å². The summed E-state index contributed by atoms with van der Waals surface area (Å²) in [6.45, 7) is 0.605. The second-order valence-electron chi connectivity index (χ2n) is 2.77. The molecule has 5 heteroatoms. The summed E-state index contributed by atoms with van der Waals surface area (Å²) in [4.78, 5) is 10.5. The second-order valence-corrected chi connectivity index (χ2v) is 2.77. The van der Waals surface area contributed by atoms with Crippen molar-refractivity contribution in [1.82, 2.24) is 10.3 Å². The number of nitrogens with one attached hydrogen (secondary N) is 1. The monoisotopic (exact) mass is 159 g/mol. The van der Waals surface area contributed by atoms with Crippen molar-refractivity contribution in [2.75, 3.05) is 13.6 Å². The molecular weight excluding hydrogens is 146 g/mol. The van der Waals surface area contributed by atoms with Gasteiger partial charge in [-0.2, -0.15) is 0 Å². The van der Waals surface area contributed by atoms with Crippen molar-refractivity contribution in [3.8, 4) is 0 Å². The molecule has 1 saturated heterocycles. The highest BCUT2D eigenvalue weighted by molar-refractivity contribution is 5.73. The first kappa shape index (κ1) is 8.45. The van der Waals surface area contributed by atoms with Gasteiger partial charge in [0.25, 0.3) is 0 Å². The van der Waals surface area contributed by atoms with E-state index in [1.54, 1.807) is 0 Å². The number of carboxylic acid groups (broad SMARTS) is 1. The lowest BCUT2D eigenvalue weighted by Crippen LogP contribution is -2.41. The summed E-state index contributed by atoms with van der Waals surface area (Å²) in [5, 5.41) is 13.0. The third kappa shape index (κ3) is 1.68. The summed E-state index contributed by atoms with van der Waals surface area (Å²) in [6, 6.07) is -0.312. The zero-order valence-electron chi connectivity index (χ0n) is 6.45. The molecule has 1 aliphatic heterocycles. The van der Waals surface area contributed by atoms with Crippen LogP contribution >= 0.6 is 0 Å². The number of hydrogen-bond donors (Lipinski definition) is 3. The van der Waals surface area contributed by atoms with Gasteiger partial charge in [0.2, 0.25) is 0 Å². The van der Waals surface area contributed by atoms with Gasteiger partial charge in [-0.05, 0) is 13.5 Å². The number of rotatable bonds is 2. The molecule has 0 saturated carbocycles. The predicted octanol–water partition coefficient (Wildman–Crippen LogP) is -1.39. The first-order valence-corrected chi connectivity index (χ1v) is 3.56. The van der Waals surface area contributed by atoms with Crippen molar-refractivity contribution in [2.24, 2.45) is 5.84 Å². The van der Waals surface area contributed by atoms with Gasteiger partial charge in [0.05, 0.1) is 0 Å². The first-order valence-electron chi connectivity index (χ1n) is 3.56. The Morgan fingerprint density at radius 3 is 2.73 bits per heavy atom. The standard InChI is InChI=1S/C6H13N3O2/c1-8-4-2-5(6(10)11)9(7)3-4/h4-5,8H,2-3,7H2,1H3,(H,10,11). The summed E-state index contributed by atoms with van der Waals surface area (Å²) >= 11 is 0. The minimum atomic E-state index is -0.842. The van der Waals surface area contributed by atoms with Gasteiger partial charge in [-0.25, -0.2) is 5.01 Å². The Kier molecular flexibility index (Phi) is 2.43. The minimum Gasteiger partial charge on any atom is -0.480 e. The van der Waals surface area contributed by atoms with Crippen LogP contribution in [0, 0.1) is 0 Å². The van der Waals surface area contributed by atoms with Crippen LogP contribution in [0.5, 0.6) is 0 Å². The zero-order chi connectivity index (χ0) is 8.43. The average molecular weight is 159 g/mol. The van der Waals surface area contributed by atoms with Crippen LogP contribution in [0.15, 0.2) is 0 Å². The Labute approximate surface area is 65.1 Å². The molecule has 0 aromatic heterocycles. The average Bonchev–Trinajstić information content (AvgIpc) is 2.30. The molecule has 0 aromatic rings. The Hall–Kier alpha value is -0.650. The molecule has 2 atom stereocenters. The fourth-order valence-electron chi connectivity index (χ4n) is 1.31. The fourth-order valence-corrected chi connectivity index (χ4v) is 1.31. The lowest BCUT2D eigenvalue weighted by molar-refractivity contribution is -0.142. The largest absolute Gasteiger partial charge is 0.480 e. The number of hydrazine groups is 1. The molecule has 11 heavy (non-hydrogen) atoms. The van der Waals surface area contributed by atoms with E-state index in [0.717, 1.165) is 0 Å². The van der Waals surface area contributed by atoms with E-state index >= 15 is 0 Å². The van der Waals surface area contributed by atoms with Crippen molar-refractivity contribution in [1.29, 1.82) is 0 Å². The topological polar surface area (TPSA) is 78.6 Å². The molecule has 0 spiro atoms. The van der Waals surface area contributed by atoms with E-state index in [2.05, 4.69) is 5.32 Å². The molecule has 0 aliphatic carbocycles. The van der Waals surface area contributed by atoms with Gasteiger partial charge in [0.15, 0.2) is 0 Å². The van der Waals surface area contributed by atoms with Gasteiger partial charge in [0, 0.05) is 12.6 Å². The van der Waals surface area contributed by atoms with Gasteiger partial charge in [-0.3, -0.25) is 10.6 Å². The molecule has 0 amide bonds. The van der Waals surface area contributed by atoms with Crippen LogP contribution < -0.4 is 11.2 Å². The predicted molar refractivity (Wildman–Crippen MR) is 39.8 cm³/mol. The maximum Gasteiger partial charge on any atom is 0.322 e. The van der Waals surface area contributed by atoms with Crippen LogP contribution in [0.4, 0.5) is 0 Å². The minimum absolute atomic E-state index is 0.209. The van der Waals surface area contributed by atoms with Crippen LogP contribution in [-0.4, -0.2) is 41.8 Å². The molecule has 0 bridgehead atoms. The van der Waals surface area contributed by atoms with Crippen LogP contribution in [0.3, 0.4) is 0 Å². The van der Waals surface area contributed by atoms with Crippen LogP contribution in [0.1, 0.15) is 6.42 Å². The molecule has 1 fully saturated rings. The van der Waals surface area contributed by atoms with Gasteiger partial charge in [0.1, 0.15) is 6.04 Å². The number of carbonyl (C=O) groups is 1. The van der Waals surface area contributed by atoms with Gasteiger partial charge < -0.3 is 10.4 Å². The van der Waals surface area contributed by atoms with Crippen molar-refractivity contribution in [3.05, 3.63) is 0 Å². The Balaban J connectivity index is 2.51. The maximum atomic E-state index is 10.5. The first-order chi connectivity index (χ1) is 5.15.